The van der Waals surface area contributed by atoms with Gasteiger partial charge in [0.15, 0.2) is 0 Å². The van der Waals surface area contributed by atoms with E-state index < -0.39 is 5.91 Å². The van der Waals surface area contributed by atoms with Crippen LogP contribution in [0.3, 0.4) is 0 Å². The molecular weight excluding hydrogens is 300 g/mol. The Kier molecular flexibility index (Phi) is 5.34. The van der Waals surface area contributed by atoms with Crippen molar-refractivity contribution in [2.45, 2.75) is 13.5 Å². The summed E-state index contributed by atoms with van der Waals surface area (Å²) in [5.41, 5.74) is 2.39. The van der Waals surface area contributed by atoms with Gasteiger partial charge in [-0.15, -0.1) is 11.6 Å². The Morgan fingerprint density at radius 2 is 2.36 bits per heavy atom. The SMILES string of the molecule is Cc1cccc(NC(=O)/C(C#N)=C\c2cnn(CCCl)c2)c1. The Labute approximate surface area is 133 Å². The molecule has 112 valence electrons. The molecule has 0 unspecified atom stereocenters. The van der Waals surface area contributed by atoms with Gasteiger partial charge in [0, 0.05) is 23.3 Å². The first kappa shape index (κ1) is 15.8. The van der Waals surface area contributed by atoms with Gasteiger partial charge in [-0.2, -0.15) is 10.4 Å². The van der Waals surface area contributed by atoms with E-state index in [-0.39, 0.29) is 5.57 Å². The van der Waals surface area contributed by atoms with E-state index in [0.29, 0.717) is 23.7 Å². The summed E-state index contributed by atoms with van der Waals surface area (Å²) in [6.45, 7) is 2.51. The summed E-state index contributed by atoms with van der Waals surface area (Å²) in [6, 6.07) is 9.30. The van der Waals surface area contributed by atoms with Crippen LogP contribution in [0.2, 0.25) is 0 Å². The van der Waals surface area contributed by atoms with E-state index in [1.807, 2.05) is 31.2 Å². The first-order chi connectivity index (χ1) is 10.6. The normalized spacial score (nSPS) is 11.0. The molecule has 22 heavy (non-hydrogen) atoms. The number of aryl methyl sites for hydroxylation is 2. The van der Waals surface area contributed by atoms with Crippen LogP contribution in [0.4, 0.5) is 5.69 Å². The highest BCUT2D eigenvalue weighted by Crippen LogP contribution is 2.12. The number of carbonyl (C=O) groups is 1. The summed E-state index contributed by atoms with van der Waals surface area (Å²) in [5, 5.41) is 16.0. The average Bonchev–Trinajstić information content (AvgIpc) is 2.92. The molecule has 0 fully saturated rings. The predicted octanol–water partition coefficient (Wildman–Crippen LogP) is 2.98. The minimum atomic E-state index is -0.446. The monoisotopic (exact) mass is 314 g/mol. The van der Waals surface area contributed by atoms with Gasteiger partial charge in [-0.3, -0.25) is 9.48 Å². The molecule has 0 radical (unpaired) electrons. The number of nitrogens with one attached hydrogen (secondary N) is 1. The van der Waals surface area contributed by atoms with Crippen LogP contribution >= 0.6 is 11.6 Å². The lowest BCUT2D eigenvalue weighted by molar-refractivity contribution is -0.112. The van der Waals surface area contributed by atoms with Gasteiger partial charge in [0.25, 0.3) is 5.91 Å². The van der Waals surface area contributed by atoms with Crippen molar-refractivity contribution < 1.29 is 4.79 Å². The van der Waals surface area contributed by atoms with Gasteiger partial charge in [-0.25, -0.2) is 0 Å². The van der Waals surface area contributed by atoms with E-state index in [4.69, 9.17) is 11.6 Å². The van der Waals surface area contributed by atoms with Gasteiger partial charge in [0.1, 0.15) is 11.6 Å². The summed E-state index contributed by atoms with van der Waals surface area (Å²) in [4.78, 5) is 12.1. The number of carbonyl (C=O) groups excluding carboxylic acids is 1. The maximum Gasteiger partial charge on any atom is 0.266 e. The molecule has 0 aliphatic carbocycles. The van der Waals surface area contributed by atoms with E-state index in [2.05, 4.69) is 10.4 Å². The molecule has 0 aliphatic rings. The van der Waals surface area contributed by atoms with Crippen LogP contribution in [-0.4, -0.2) is 21.6 Å². The number of amides is 1. The second-order valence-electron chi connectivity index (χ2n) is 4.72. The number of anilines is 1. The van der Waals surface area contributed by atoms with Crippen molar-refractivity contribution in [2.24, 2.45) is 0 Å². The third-order valence-electron chi connectivity index (χ3n) is 2.92. The lowest BCUT2D eigenvalue weighted by Gasteiger charge is -2.04. The van der Waals surface area contributed by atoms with Crippen LogP contribution in [0.1, 0.15) is 11.1 Å². The largest absolute Gasteiger partial charge is 0.321 e. The standard InChI is InChI=1S/C16H15ClN4O/c1-12-3-2-4-15(7-12)20-16(22)14(9-18)8-13-10-19-21(11-13)6-5-17/h2-4,7-8,10-11H,5-6H2,1H3,(H,20,22)/b14-8-. The van der Waals surface area contributed by atoms with Crippen molar-refractivity contribution in [3.63, 3.8) is 0 Å². The summed E-state index contributed by atoms with van der Waals surface area (Å²) in [6.07, 6.45) is 4.83. The Morgan fingerprint density at radius 1 is 1.55 bits per heavy atom. The molecule has 2 aromatic rings. The number of alkyl halides is 1. The number of rotatable bonds is 5. The third kappa shape index (κ3) is 4.21. The minimum Gasteiger partial charge on any atom is -0.321 e. The average molecular weight is 315 g/mol. The molecule has 1 heterocycles. The highest BCUT2D eigenvalue weighted by molar-refractivity contribution is 6.17. The molecule has 2 rings (SSSR count). The van der Waals surface area contributed by atoms with Crippen molar-refractivity contribution in [3.05, 3.63) is 53.4 Å². The number of benzene rings is 1. The number of nitrogens with zero attached hydrogens (tertiary/aromatic N) is 3. The maximum atomic E-state index is 12.1. The molecule has 1 N–H and O–H groups in total. The number of nitriles is 1. The zero-order chi connectivity index (χ0) is 15.9. The van der Waals surface area contributed by atoms with Gasteiger partial charge in [-0.05, 0) is 30.7 Å². The van der Waals surface area contributed by atoms with Gasteiger partial charge in [0.05, 0.1) is 12.7 Å². The molecule has 0 aliphatic heterocycles. The Hall–Kier alpha value is -2.58. The van der Waals surface area contributed by atoms with Gasteiger partial charge < -0.3 is 5.32 Å². The van der Waals surface area contributed by atoms with Crippen LogP contribution in [-0.2, 0) is 11.3 Å². The topological polar surface area (TPSA) is 70.7 Å². The fourth-order valence-corrected chi connectivity index (χ4v) is 2.07. The van der Waals surface area contributed by atoms with Crippen LogP contribution in [0.25, 0.3) is 6.08 Å². The van der Waals surface area contributed by atoms with E-state index >= 15 is 0 Å². The van der Waals surface area contributed by atoms with Crippen LogP contribution in [0.15, 0.2) is 42.2 Å². The summed E-state index contributed by atoms with van der Waals surface area (Å²) in [5.74, 6) is 0.00208. The molecule has 1 amide bonds. The summed E-state index contributed by atoms with van der Waals surface area (Å²) in [7, 11) is 0. The molecule has 1 aromatic carbocycles. The van der Waals surface area contributed by atoms with Crippen molar-refractivity contribution in [1.82, 2.24) is 9.78 Å². The lowest BCUT2D eigenvalue weighted by atomic mass is 10.2. The van der Waals surface area contributed by atoms with Gasteiger partial charge >= 0.3 is 0 Å². The Bertz CT molecular complexity index is 743. The number of hydrogen-bond donors (Lipinski definition) is 1. The maximum absolute atomic E-state index is 12.1. The van der Waals surface area contributed by atoms with Crippen molar-refractivity contribution in [1.29, 1.82) is 5.26 Å². The predicted molar refractivity (Wildman–Crippen MR) is 86.3 cm³/mol. The summed E-state index contributed by atoms with van der Waals surface area (Å²) < 4.78 is 1.66. The Morgan fingerprint density at radius 3 is 3.05 bits per heavy atom. The number of halogens is 1. The second-order valence-corrected chi connectivity index (χ2v) is 5.10. The van der Waals surface area contributed by atoms with E-state index in [9.17, 15) is 10.1 Å². The third-order valence-corrected chi connectivity index (χ3v) is 3.09. The van der Waals surface area contributed by atoms with Crippen molar-refractivity contribution >= 4 is 29.3 Å². The lowest BCUT2D eigenvalue weighted by Crippen LogP contribution is -2.13. The quantitative estimate of drug-likeness (QED) is 0.524. The molecule has 0 atom stereocenters. The van der Waals surface area contributed by atoms with E-state index in [0.717, 1.165) is 5.56 Å². The fourth-order valence-electron chi connectivity index (χ4n) is 1.90. The van der Waals surface area contributed by atoms with Crippen molar-refractivity contribution in [2.75, 3.05) is 11.2 Å². The van der Waals surface area contributed by atoms with E-state index in [1.165, 1.54) is 6.08 Å². The van der Waals surface area contributed by atoms with E-state index in [1.54, 1.807) is 23.1 Å². The first-order valence-corrected chi connectivity index (χ1v) is 7.24. The molecule has 6 heteroatoms. The molecule has 0 spiro atoms. The molecule has 0 bridgehead atoms. The van der Waals surface area contributed by atoms with Crippen LogP contribution in [0, 0.1) is 18.3 Å². The molecular formula is C16H15ClN4O. The summed E-state index contributed by atoms with van der Waals surface area (Å²) >= 11 is 5.64. The zero-order valence-electron chi connectivity index (χ0n) is 12.1. The highest BCUT2D eigenvalue weighted by Gasteiger charge is 2.10. The first-order valence-electron chi connectivity index (χ1n) is 6.70. The number of hydrogen-bond acceptors (Lipinski definition) is 3. The minimum absolute atomic E-state index is 0.0203. The Balaban J connectivity index is 2.14. The molecule has 1 aromatic heterocycles. The van der Waals surface area contributed by atoms with Gasteiger partial charge in [0.2, 0.25) is 0 Å². The van der Waals surface area contributed by atoms with Crippen molar-refractivity contribution in [3.8, 4) is 6.07 Å². The van der Waals surface area contributed by atoms with Crippen LogP contribution < -0.4 is 5.32 Å². The van der Waals surface area contributed by atoms with Crippen LogP contribution in [0.5, 0.6) is 0 Å². The molecule has 0 saturated heterocycles. The number of aromatic nitrogens is 2. The fraction of sp³-hybridized carbons (Fsp3) is 0.188. The smallest absolute Gasteiger partial charge is 0.266 e. The van der Waals surface area contributed by atoms with Gasteiger partial charge in [-0.1, -0.05) is 12.1 Å². The highest BCUT2D eigenvalue weighted by atomic mass is 35.5. The zero-order valence-corrected chi connectivity index (χ0v) is 12.8. The molecule has 5 nitrogen and oxygen atoms in total. The molecule has 0 saturated carbocycles. The second kappa shape index (κ2) is 7.43.